The van der Waals surface area contributed by atoms with Gasteiger partial charge in [-0.25, -0.2) is 0 Å². The van der Waals surface area contributed by atoms with Crippen LogP contribution in [0, 0.1) is 0 Å². The minimum Gasteiger partial charge on any atom is -0.363 e. The van der Waals surface area contributed by atoms with E-state index in [9.17, 15) is 9.59 Å². The Morgan fingerprint density at radius 3 is 2.72 bits per heavy atom. The maximum atomic E-state index is 11.8. The lowest BCUT2D eigenvalue weighted by Crippen LogP contribution is -2.50. The second kappa shape index (κ2) is 6.24. The van der Waals surface area contributed by atoms with Crippen molar-refractivity contribution >= 4 is 19.7 Å². The molecule has 2 radical (unpaired) electrons. The number of rotatable bonds is 4. The van der Waals surface area contributed by atoms with E-state index in [-0.39, 0.29) is 17.9 Å². The fourth-order valence-corrected chi connectivity index (χ4v) is 1.95. The average Bonchev–Trinajstić information content (AvgIpc) is 2.29. The van der Waals surface area contributed by atoms with Crippen molar-refractivity contribution in [3.8, 4) is 0 Å². The molecule has 0 aliphatic carbocycles. The van der Waals surface area contributed by atoms with Crippen LogP contribution in [0.3, 0.4) is 0 Å². The molecule has 0 bridgehead atoms. The Labute approximate surface area is 109 Å². The maximum Gasteiger partial charge on any atom is 0.249 e. The van der Waals surface area contributed by atoms with Crippen LogP contribution >= 0.6 is 0 Å². The van der Waals surface area contributed by atoms with Crippen molar-refractivity contribution in [2.45, 2.75) is 25.8 Å². The number of amides is 2. The molecule has 5 heteroatoms. The second-order valence-corrected chi connectivity index (χ2v) is 4.12. The van der Waals surface area contributed by atoms with Gasteiger partial charge in [-0.2, -0.15) is 0 Å². The highest BCUT2D eigenvalue weighted by Gasteiger charge is 2.30. The molecular formula is C13H17BN2O2. The van der Waals surface area contributed by atoms with Gasteiger partial charge in [0.05, 0.1) is 0 Å². The first-order valence-electron chi connectivity index (χ1n) is 5.82. The summed E-state index contributed by atoms with van der Waals surface area (Å²) in [5.41, 5.74) is 1.22. The van der Waals surface area contributed by atoms with Gasteiger partial charge < -0.3 is 4.90 Å². The normalized spacial score (nSPS) is 21.6. The molecule has 0 aromatic carbocycles. The number of hydrogen-bond acceptors (Lipinski definition) is 3. The third-order valence-electron chi connectivity index (χ3n) is 2.89. The van der Waals surface area contributed by atoms with Crippen molar-refractivity contribution in [2.75, 3.05) is 7.05 Å². The number of imide groups is 1. The zero-order valence-electron chi connectivity index (χ0n) is 10.8. The van der Waals surface area contributed by atoms with Crippen LogP contribution in [-0.2, 0) is 9.59 Å². The Balaban J connectivity index is 2.94. The van der Waals surface area contributed by atoms with Crippen LogP contribution in [0.25, 0.3) is 0 Å². The van der Waals surface area contributed by atoms with Crippen molar-refractivity contribution in [1.82, 2.24) is 10.2 Å². The monoisotopic (exact) mass is 244 g/mol. The van der Waals surface area contributed by atoms with Crippen molar-refractivity contribution in [3.63, 3.8) is 0 Å². The molecule has 0 spiro atoms. The van der Waals surface area contributed by atoms with Crippen LogP contribution in [0.2, 0.25) is 0 Å². The van der Waals surface area contributed by atoms with Gasteiger partial charge in [0, 0.05) is 19.2 Å². The zero-order valence-corrected chi connectivity index (χ0v) is 10.8. The SMILES string of the molecule is [B]C(/C=C\C)=C(/C=C)N(C)C1CCC(=O)NC1=O. The smallest absolute Gasteiger partial charge is 0.249 e. The van der Waals surface area contributed by atoms with Crippen molar-refractivity contribution in [1.29, 1.82) is 0 Å². The molecule has 94 valence electrons. The highest BCUT2D eigenvalue weighted by atomic mass is 16.2. The first kappa shape index (κ1) is 14.3. The number of carbonyl (C=O) groups is 2. The first-order chi connectivity index (χ1) is 8.51. The van der Waals surface area contributed by atoms with Gasteiger partial charge in [0.2, 0.25) is 11.8 Å². The van der Waals surface area contributed by atoms with E-state index in [4.69, 9.17) is 7.85 Å². The van der Waals surface area contributed by atoms with E-state index in [0.29, 0.717) is 24.0 Å². The number of nitrogens with zero attached hydrogens (tertiary/aromatic N) is 1. The summed E-state index contributed by atoms with van der Waals surface area (Å²) in [6.07, 6.45) is 6.01. The van der Waals surface area contributed by atoms with E-state index >= 15 is 0 Å². The van der Waals surface area contributed by atoms with Crippen molar-refractivity contribution < 1.29 is 9.59 Å². The molecule has 1 heterocycles. The minimum absolute atomic E-state index is 0.227. The third-order valence-corrected chi connectivity index (χ3v) is 2.89. The lowest BCUT2D eigenvalue weighted by Gasteiger charge is -2.33. The van der Waals surface area contributed by atoms with Gasteiger partial charge in [-0.15, -0.1) is 0 Å². The van der Waals surface area contributed by atoms with Gasteiger partial charge in [0.15, 0.2) is 0 Å². The maximum absolute atomic E-state index is 11.8. The fraction of sp³-hybridized carbons (Fsp3) is 0.385. The molecule has 1 rings (SSSR count). The predicted octanol–water partition coefficient (Wildman–Crippen LogP) is 0.866. The number of likely N-dealkylation sites (N-methyl/N-ethyl adjacent to an activating group) is 1. The van der Waals surface area contributed by atoms with E-state index < -0.39 is 0 Å². The number of nitrogens with one attached hydrogen (secondary N) is 1. The quantitative estimate of drug-likeness (QED) is 0.453. The molecule has 1 saturated heterocycles. The molecule has 18 heavy (non-hydrogen) atoms. The Morgan fingerprint density at radius 1 is 1.56 bits per heavy atom. The molecule has 1 aliphatic heterocycles. The van der Waals surface area contributed by atoms with Gasteiger partial charge in [0.25, 0.3) is 0 Å². The molecule has 2 amide bonds. The van der Waals surface area contributed by atoms with E-state index in [1.165, 1.54) is 0 Å². The third kappa shape index (κ3) is 3.12. The highest BCUT2D eigenvalue weighted by molar-refractivity contribution is 6.24. The summed E-state index contributed by atoms with van der Waals surface area (Å²) in [6, 6.07) is -0.389. The van der Waals surface area contributed by atoms with Crippen LogP contribution in [0.4, 0.5) is 0 Å². The second-order valence-electron chi connectivity index (χ2n) is 4.12. The van der Waals surface area contributed by atoms with Crippen LogP contribution in [0.1, 0.15) is 19.8 Å². The highest BCUT2D eigenvalue weighted by Crippen LogP contribution is 2.18. The van der Waals surface area contributed by atoms with Crippen molar-refractivity contribution in [3.05, 3.63) is 36.0 Å². The van der Waals surface area contributed by atoms with Crippen LogP contribution < -0.4 is 5.32 Å². The summed E-state index contributed by atoms with van der Waals surface area (Å²) in [7, 11) is 7.67. The van der Waals surface area contributed by atoms with Crippen molar-refractivity contribution in [2.24, 2.45) is 0 Å². The molecule has 0 aromatic rings. The van der Waals surface area contributed by atoms with Gasteiger partial charge in [-0.1, -0.05) is 24.2 Å². The molecule has 1 atom stereocenters. The summed E-state index contributed by atoms with van der Waals surface area (Å²) >= 11 is 0. The average molecular weight is 244 g/mol. The number of allylic oxidation sites excluding steroid dienone is 4. The Bertz CT molecular complexity index is 427. The van der Waals surface area contributed by atoms with Gasteiger partial charge in [-0.05, 0) is 19.4 Å². The topological polar surface area (TPSA) is 49.4 Å². The van der Waals surface area contributed by atoms with E-state index in [0.717, 1.165) is 0 Å². The Hall–Kier alpha value is -1.78. The lowest BCUT2D eigenvalue weighted by atomic mass is 9.91. The largest absolute Gasteiger partial charge is 0.363 e. The molecule has 4 nitrogen and oxygen atoms in total. The minimum atomic E-state index is -0.389. The molecular weight excluding hydrogens is 227 g/mol. The number of piperidine rings is 1. The van der Waals surface area contributed by atoms with E-state index in [1.807, 2.05) is 13.0 Å². The Kier molecular flexibility index (Phi) is 4.95. The summed E-state index contributed by atoms with van der Waals surface area (Å²) in [6.45, 7) is 5.57. The molecule has 0 saturated carbocycles. The van der Waals surface area contributed by atoms with E-state index in [1.54, 1.807) is 24.1 Å². The fourth-order valence-electron chi connectivity index (χ4n) is 1.95. The lowest BCUT2D eigenvalue weighted by molar-refractivity contribution is -0.136. The molecule has 1 N–H and O–H groups in total. The Morgan fingerprint density at radius 2 is 2.22 bits per heavy atom. The van der Waals surface area contributed by atoms with Crippen LogP contribution in [-0.4, -0.2) is 37.7 Å². The number of hydrogen-bond donors (Lipinski definition) is 1. The molecule has 1 aliphatic rings. The van der Waals surface area contributed by atoms with Gasteiger partial charge in [-0.3, -0.25) is 14.9 Å². The molecule has 1 unspecified atom stereocenters. The van der Waals surface area contributed by atoms with Crippen LogP contribution in [0.15, 0.2) is 36.0 Å². The summed E-state index contributed by atoms with van der Waals surface area (Å²) in [5.74, 6) is -0.517. The number of carbonyl (C=O) groups excluding carboxylic acids is 2. The van der Waals surface area contributed by atoms with E-state index in [2.05, 4.69) is 11.9 Å². The first-order valence-corrected chi connectivity index (χ1v) is 5.82. The predicted molar refractivity (Wildman–Crippen MR) is 71.7 cm³/mol. The molecule has 0 aromatic heterocycles. The van der Waals surface area contributed by atoms with Gasteiger partial charge in [0.1, 0.15) is 13.9 Å². The zero-order chi connectivity index (χ0) is 13.7. The summed E-state index contributed by atoms with van der Waals surface area (Å²) in [4.78, 5) is 24.6. The van der Waals surface area contributed by atoms with Gasteiger partial charge >= 0.3 is 0 Å². The van der Waals surface area contributed by atoms with Crippen LogP contribution in [0.5, 0.6) is 0 Å². The summed E-state index contributed by atoms with van der Waals surface area (Å²) < 4.78 is 0. The summed E-state index contributed by atoms with van der Waals surface area (Å²) in [5, 5.41) is 2.32. The standard InChI is InChI=1S/C13H17BN2O2/c1-4-6-9(14)10(5-2)16(3)11-7-8-12(17)15-13(11)18/h4-6,11H,2,7-8H2,1,3H3,(H,15,17,18)/b6-4-,10-9-. The molecule has 1 fully saturated rings.